The van der Waals surface area contributed by atoms with E-state index >= 15 is 0 Å². The van der Waals surface area contributed by atoms with E-state index in [-0.39, 0.29) is 22.4 Å². The third-order valence-corrected chi connectivity index (χ3v) is 5.63. The van der Waals surface area contributed by atoms with Crippen LogP contribution in [-0.2, 0) is 5.54 Å². The molecule has 0 amide bonds. The number of nitrogens with one attached hydrogen (secondary N) is 1. The number of aryl methyl sites for hydroxylation is 1. The molecule has 30 heavy (non-hydrogen) atoms. The number of benzene rings is 1. The maximum absolute atomic E-state index is 14.6. The normalized spacial score (nSPS) is 16.1. The number of fused-ring (bicyclic) bond motifs is 1. The van der Waals surface area contributed by atoms with E-state index in [9.17, 15) is 23.1 Å². The maximum atomic E-state index is 14.6. The number of nitrogens with zero attached hydrogens (tertiary/aromatic N) is 3. The van der Waals surface area contributed by atoms with Crippen molar-refractivity contribution in [2.75, 3.05) is 5.32 Å². The SMILES string of the molecule is Cc1nc(N[C@H](C)c2cccc(C(F)F)c2F)c2cn(C3(C)CC3)c(=O)c(O)c2n1. The van der Waals surface area contributed by atoms with Crippen LogP contribution in [-0.4, -0.2) is 19.6 Å². The Labute approximate surface area is 170 Å². The molecule has 9 heteroatoms. The van der Waals surface area contributed by atoms with Crippen LogP contribution in [0.5, 0.6) is 5.75 Å². The summed E-state index contributed by atoms with van der Waals surface area (Å²) in [5, 5.41) is 13.9. The van der Waals surface area contributed by atoms with Gasteiger partial charge in [-0.3, -0.25) is 4.79 Å². The second kappa shape index (κ2) is 7.00. The van der Waals surface area contributed by atoms with Gasteiger partial charge in [0.15, 0.2) is 0 Å². The first-order chi connectivity index (χ1) is 14.1. The molecule has 0 bridgehead atoms. The Kier molecular flexibility index (Phi) is 4.71. The molecule has 1 aliphatic rings. The first-order valence-electron chi connectivity index (χ1n) is 9.59. The Bertz CT molecular complexity index is 1210. The molecule has 2 heterocycles. The van der Waals surface area contributed by atoms with Crippen LogP contribution >= 0.6 is 0 Å². The number of aromatic nitrogens is 3. The van der Waals surface area contributed by atoms with Crippen molar-refractivity contribution in [2.24, 2.45) is 0 Å². The van der Waals surface area contributed by atoms with Crippen LogP contribution in [0.4, 0.5) is 19.0 Å². The average Bonchev–Trinajstić information content (AvgIpc) is 3.43. The number of aromatic hydroxyl groups is 1. The predicted molar refractivity (Wildman–Crippen MR) is 106 cm³/mol. The lowest BCUT2D eigenvalue weighted by atomic mass is 10.0. The maximum Gasteiger partial charge on any atom is 0.295 e. The van der Waals surface area contributed by atoms with Gasteiger partial charge in [0.25, 0.3) is 12.0 Å². The standard InChI is InChI=1S/C21H21F3N4O2/c1-10(12-5-4-6-13(15(12)22)18(23)24)25-19-14-9-28(21(3)7-8-21)20(30)17(29)16(14)26-11(2)27-19/h4-6,9-10,18,29H,7-8H2,1-3H3,(H,25,26,27)/t10-/m1/s1. The van der Waals surface area contributed by atoms with Gasteiger partial charge in [0, 0.05) is 17.3 Å². The Balaban J connectivity index is 1.82. The third-order valence-electron chi connectivity index (χ3n) is 5.63. The van der Waals surface area contributed by atoms with Gasteiger partial charge in [0.2, 0.25) is 5.75 Å². The molecule has 1 atom stereocenters. The molecule has 6 nitrogen and oxygen atoms in total. The summed E-state index contributed by atoms with van der Waals surface area (Å²) < 4.78 is 42.2. The predicted octanol–water partition coefficient (Wildman–Crippen LogP) is 4.56. The van der Waals surface area contributed by atoms with E-state index in [1.165, 1.54) is 16.7 Å². The highest BCUT2D eigenvalue weighted by Crippen LogP contribution is 2.43. The van der Waals surface area contributed by atoms with Gasteiger partial charge in [-0.1, -0.05) is 18.2 Å². The van der Waals surface area contributed by atoms with E-state index in [2.05, 4.69) is 15.3 Å². The number of hydrogen-bond acceptors (Lipinski definition) is 5. The van der Waals surface area contributed by atoms with Gasteiger partial charge in [-0.05, 0) is 33.6 Å². The van der Waals surface area contributed by atoms with Crippen LogP contribution < -0.4 is 10.9 Å². The smallest absolute Gasteiger partial charge is 0.295 e. The molecular weight excluding hydrogens is 397 g/mol. The van der Waals surface area contributed by atoms with Gasteiger partial charge in [-0.15, -0.1) is 0 Å². The van der Waals surface area contributed by atoms with Crippen LogP contribution in [0.2, 0.25) is 0 Å². The molecule has 0 saturated heterocycles. The molecule has 0 unspecified atom stereocenters. The van der Waals surface area contributed by atoms with E-state index in [0.29, 0.717) is 11.2 Å². The molecule has 158 valence electrons. The van der Waals surface area contributed by atoms with Gasteiger partial charge in [0.05, 0.1) is 17.0 Å². The Hall–Kier alpha value is -3.10. The zero-order chi connectivity index (χ0) is 21.8. The van der Waals surface area contributed by atoms with E-state index in [1.807, 2.05) is 6.92 Å². The van der Waals surface area contributed by atoms with Crippen molar-refractivity contribution in [2.45, 2.75) is 51.6 Å². The zero-order valence-electron chi connectivity index (χ0n) is 16.7. The van der Waals surface area contributed by atoms with Crippen molar-refractivity contribution in [1.82, 2.24) is 14.5 Å². The Morgan fingerprint density at radius 3 is 2.53 bits per heavy atom. The number of rotatable bonds is 5. The lowest BCUT2D eigenvalue weighted by Crippen LogP contribution is -2.28. The number of halogens is 3. The number of anilines is 1. The molecular formula is C21H21F3N4O2. The lowest BCUT2D eigenvalue weighted by Gasteiger charge is -2.20. The molecule has 4 rings (SSSR count). The topological polar surface area (TPSA) is 80.0 Å². The highest BCUT2D eigenvalue weighted by Gasteiger charge is 2.41. The number of pyridine rings is 1. The molecule has 1 aliphatic carbocycles. The van der Waals surface area contributed by atoms with Crippen molar-refractivity contribution in [3.05, 3.63) is 57.5 Å². The van der Waals surface area contributed by atoms with Crippen LogP contribution in [0.25, 0.3) is 10.9 Å². The van der Waals surface area contributed by atoms with Gasteiger partial charge in [0.1, 0.15) is 23.0 Å². The largest absolute Gasteiger partial charge is 0.502 e. The summed E-state index contributed by atoms with van der Waals surface area (Å²) in [6.07, 6.45) is 0.264. The Morgan fingerprint density at radius 2 is 1.90 bits per heavy atom. The zero-order valence-corrected chi connectivity index (χ0v) is 16.7. The van der Waals surface area contributed by atoms with Gasteiger partial charge in [-0.25, -0.2) is 23.1 Å². The minimum Gasteiger partial charge on any atom is -0.502 e. The van der Waals surface area contributed by atoms with Crippen molar-refractivity contribution in [1.29, 1.82) is 0 Å². The molecule has 0 spiro atoms. The lowest BCUT2D eigenvalue weighted by molar-refractivity contribution is 0.146. The summed E-state index contributed by atoms with van der Waals surface area (Å²) in [5.41, 5.74) is -1.43. The first kappa shape index (κ1) is 20.2. The summed E-state index contributed by atoms with van der Waals surface area (Å²) in [6, 6.07) is 3.14. The summed E-state index contributed by atoms with van der Waals surface area (Å²) in [6.45, 7) is 5.13. The van der Waals surface area contributed by atoms with Crippen LogP contribution in [0.1, 0.15) is 56.1 Å². The summed E-state index contributed by atoms with van der Waals surface area (Å²) in [5.74, 6) is -0.884. The molecule has 2 N–H and O–H groups in total. The Morgan fingerprint density at radius 1 is 1.23 bits per heavy atom. The van der Waals surface area contributed by atoms with E-state index in [4.69, 9.17) is 0 Å². The second-order valence-corrected chi connectivity index (χ2v) is 7.95. The highest BCUT2D eigenvalue weighted by molar-refractivity contribution is 5.92. The molecule has 0 aliphatic heterocycles. The quantitative estimate of drug-likeness (QED) is 0.635. The fourth-order valence-electron chi connectivity index (χ4n) is 3.57. The van der Waals surface area contributed by atoms with Crippen molar-refractivity contribution in [3.63, 3.8) is 0 Å². The average molecular weight is 418 g/mol. The third kappa shape index (κ3) is 3.28. The first-order valence-corrected chi connectivity index (χ1v) is 9.59. The van der Waals surface area contributed by atoms with Crippen molar-refractivity contribution in [3.8, 4) is 5.75 Å². The van der Waals surface area contributed by atoms with E-state index in [1.54, 1.807) is 20.0 Å². The second-order valence-electron chi connectivity index (χ2n) is 7.95. The molecule has 0 radical (unpaired) electrons. The summed E-state index contributed by atoms with van der Waals surface area (Å²) in [7, 11) is 0. The number of alkyl halides is 2. The molecule has 1 aromatic carbocycles. The van der Waals surface area contributed by atoms with Crippen LogP contribution in [0.15, 0.2) is 29.2 Å². The van der Waals surface area contributed by atoms with E-state index in [0.717, 1.165) is 18.9 Å². The van der Waals surface area contributed by atoms with Gasteiger partial charge in [-0.2, -0.15) is 0 Å². The summed E-state index contributed by atoms with van der Waals surface area (Å²) >= 11 is 0. The fourth-order valence-corrected chi connectivity index (χ4v) is 3.57. The monoisotopic (exact) mass is 418 g/mol. The van der Waals surface area contributed by atoms with Crippen molar-refractivity contribution >= 4 is 16.7 Å². The molecule has 1 saturated carbocycles. The van der Waals surface area contributed by atoms with Gasteiger partial charge < -0.3 is 15.0 Å². The van der Waals surface area contributed by atoms with Crippen LogP contribution in [0.3, 0.4) is 0 Å². The molecule has 2 aromatic heterocycles. The van der Waals surface area contributed by atoms with Gasteiger partial charge >= 0.3 is 0 Å². The molecule has 1 fully saturated rings. The minimum absolute atomic E-state index is 0.0592. The number of hydrogen-bond donors (Lipinski definition) is 2. The summed E-state index contributed by atoms with van der Waals surface area (Å²) in [4.78, 5) is 21.1. The fraction of sp³-hybridized carbons (Fsp3) is 0.381. The molecule has 3 aromatic rings. The minimum atomic E-state index is -2.93. The van der Waals surface area contributed by atoms with E-state index < -0.39 is 35.2 Å². The van der Waals surface area contributed by atoms with Crippen molar-refractivity contribution < 1.29 is 18.3 Å². The van der Waals surface area contributed by atoms with Crippen LogP contribution in [0, 0.1) is 12.7 Å². The highest BCUT2D eigenvalue weighted by atomic mass is 19.3.